The zero-order valence-corrected chi connectivity index (χ0v) is 27.5. The predicted octanol–water partition coefficient (Wildman–Crippen LogP) is 1.80. The van der Waals surface area contributed by atoms with Crippen LogP contribution in [0.15, 0.2) is 64.2 Å². The molecule has 0 fully saturated rings. The number of benzene rings is 1. The minimum absolute atomic E-state index is 0.134. The Labute approximate surface area is 280 Å². The van der Waals surface area contributed by atoms with E-state index in [1.165, 1.54) is 13.1 Å². The Kier molecular flexibility index (Phi) is 12.8. The van der Waals surface area contributed by atoms with Gasteiger partial charge in [0.15, 0.2) is 0 Å². The Morgan fingerprint density at radius 3 is 2.02 bits per heavy atom. The fraction of sp³-hybridized carbons (Fsp3) is 0.364. The number of ether oxygens (including phenoxy) is 1. The Morgan fingerprint density at radius 2 is 1.41 bits per heavy atom. The van der Waals surface area contributed by atoms with E-state index in [9.17, 15) is 43.8 Å². The number of carbonyl (C=O) groups excluding carboxylic acids is 3. The SMILES string of the molecule is Cn1c(C(=O)N[C@@H](CCCCNC(=O)OC(C)(C)C)CNC(=O)c2ccc(C(=O)O)c(=O)n2OCc2ccccc2)ccc(C(=O)O)c1=O. The van der Waals surface area contributed by atoms with Crippen LogP contribution in [-0.2, 0) is 18.4 Å². The summed E-state index contributed by atoms with van der Waals surface area (Å²) in [5, 5.41) is 26.7. The van der Waals surface area contributed by atoms with Gasteiger partial charge in [-0.05, 0) is 69.9 Å². The lowest BCUT2D eigenvalue weighted by atomic mass is 10.1. The molecule has 0 radical (unpaired) electrons. The van der Waals surface area contributed by atoms with E-state index in [-0.39, 0.29) is 37.5 Å². The van der Waals surface area contributed by atoms with Crippen LogP contribution >= 0.6 is 0 Å². The summed E-state index contributed by atoms with van der Waals surface area (Å²) in [6.07, 6.45) is 0.601. The number of amides is 3. The molecular weight excluding hydrogens is 642 g/mol. The summed E-state index contributed by atoms with van der Waals surface area (Å²) in [5.41, 5.74) is -3.55. The predicted molar refractivity (Wildman–Crippen MR) is 175 cm³/mol. The minimum Gasteiger partial charge on any atom is -0.477 e. The molecule has 0 spiro atoms. The molecule has 0 aliphatic rings. The first kappa shape index (κ1) is 37.5. The van der Waals surface area contributed by atoms with Gasteiger partial charge in [-0.25, -0.2) is 14.4 Å². The highest BCUT2D eigenvalue weighted by molar-refractivity contribution is 5.95. The number of rotatable bonds is 15. The molecule has 49 heavy (non-hydrogen) atoms. The van der Waals surface area contributed by atoms with E-state index >= 15 is 0 Å². The molecule has 0 bridgehead atoms. The van der Waals surface area contributed by atoms with Gasteiger partial charge in [-0.2, -0.15) is 0 Å². The van der Waals surface area contributed by atoms with Crippen molar-refractivity contribution >= 4 is 29.8 Å². The first-order valence-electron chi connectivity index (χ1n) is 15.2. The molecule has 16 nitrogen and oxygen atoms in total. The average molecular weight is 682 g/mol. The number of hydrogen-bond acceptors (Lipinski definition) is 9. The number of alkyl carbamates (subject to hydrolysis) is 1. The summed E-state index contributed by atoms with van der Waals surface area (Å²) in [4.78, 5) is 92.5. The number of pyridine rings is 2. The van der Waals surface area contributed by atoms with Crippen LogP contribution in [0.5, 0.6) is 0 Å². The van der Waals surface area contributed by atoms with Gasteiger partial charge in [0.2, 0.25) is 0 Å². The summed E-state index contributed by atoms with van der Waals surface area (Å²) >= 11 is 0. The van der Waals surface area contributed by atoms with E-state index < -0.39 is 63.7 Å². The Bertz CT molecular complexity index is 1810. The number of nitrogens with one attached hydrogen (secondary N) is 3. The van der Waals surface area contributed by atoms with Crippen molar-refractivity contribution in [3.05, 3.63) is 103 Å². The quantitative estimate of drug-likeness (QED) is 0.145. The first-order chi connectivity index (χ1) is 23.1. The number of carbonyl (C=O) groups is 5. The van der Waals surface area contributed by atoms with Crippen LogP contribution in [0.4, 0.5) is 4.79 Å². The van der Waals surface area contributed by atoms with E-state index in [0.29, 0.717) is 23.1 Å². The van der Waals surface area contributed by atoms with Crippen molar-refractivity contribution in [2.24, 2.45) is 7.05 Å². The summed E-state index contributed by atoms with van der Waals surface area (Å²) in [5.74, 6) is -4.50. The minimum atomic E-state index is -1.51. The smallest absolute Gasteiger partial charge is 0.407 e. The van der Waals surface area contributed by atoms with Gasteiger partial charge in [0.05, 0.1) is 0 Å². The molecule has 2 heterocycles. The lowest BCUT2D eigenvalue weighted by molar-refractivity contribution is 0.0525. The molecule has 3 aromatic rings. The van der Waals surface area contributed by atoms with Gasteiger partial charge in [-0.15, -0.1) is 4.73 Å². The van der Waals surface area contributed by atoms with Gasteiger partial charge in [-0.3, -0.25) is 19.2 Å². The second-order valence-corrected chi connectivity index (χ2v) is 11.9. The van der Waals surface area contributed by atoms with E-state index in [2.05, 4.69) is 16.0 Å². The summed E-state index contributed by atoms with van der Waals surface area (Å²) in [7, 11) is 1.25. The van der Waals surface area contributed by atoms with Crippen LogP contribution in [0.25, 0.3) is 0 Å². The fourth-order valence-electron chi connectivity index (χ4n) is 4.53. The van der Waals surface area contributed by atoms with Gasteiger partial charge in [0.25, 0.3) is 22.9 Å². The lowest BCUT2D eigenvalue weighted by Gasteiger charge is -2.21. The van der Waals surface area contributed by atoms with E-state index in [1.54, 1.807) is 51.1 Å². The Hall–Kier alpha value is -5.93. The number of nitrogens with zero attached hydrogens (tertiary/aromatic N) is 2. The third-order valence-electron chi connectivity index (χ3n) is 6.97. The van der Waals surface area contributed by atoms with Crippen molar-refractivity contribution in [3.8, 4) is 0 Å². The molecule has 1 atom stereocenters. The highest BCUT2D eigenvalue weighted by Crippen LogP contribution is 2.09. The van der Waals surface area contributed by atoms with Gasteiger partial charge in [0.1, 0.15) is 34.7 Å². The van der Waals surface area contributed by atoms with Crippen molar-refractivity contribution in [1.29, 1.82) is 0 Å². The largest absolute Gasteiger partial charge is 0.477 e. The van der Waals surface area contributed by atoms with Crippen LogP contribution in [-0.4, -0.2) is 74.1 Å². The van der Waals surface area contributed by atoms with Crippen LogP contribution in [0, 0.1) is 0 Å². The first-order valence-corrected chi connectivity index (χ1v) is 15.2. The molecule has 0 saturated heterocycles. The number of aromatic carboxylic acids is 2. The van der Waals surface area contributed by atoms with Crippen molar-refractivity contribution in [2.75, 3.05) is 13.1 Å². The van der Waals surface area contributed by atoms with E-state index in [1.807, 2.05) is 0 Å². The molecule has 3 rings (SSSR count). The van der Waals surface area contributed by atoms with Gasteiger partial charge < -0.3 is 40.3 Å². The molecule has 0 aliphatic carbocycles. The summed E-state index contributed by atoms with van der Waals surface area (Å²) < 4.78 is 6.71. The zero-order chi connectivity index (χ0) is 36.3. The maximum Gasteiger partial charge on any atom is 0.407 e. The Balaban J connectivity index is 1.79. The lowest BCUT2D eigenvalue weighted by Crippen LogP contribution is -2.46. The van der Waals surface area contributed by atoms with Crippen LogP contribution in [0.1, 0.15) is 87.3 Å². The van der Waals surface area contributed by atoms with Gasteiger partial charge in [0, 0.05) is 26.2 Å². The van der Waals surface area contributed by atoms with E-state index in [0.717, 1.165) is 22.8 Å². The summed E-state index contributed by atoms with van der Waals surface area (Å²) in [6.45, 7) is 5.11. The standard InChI is InChI=1S/C33H39N5O11/c1-33(2,3)49-32(47)34-17-9-8-12-21(36-27(40)24-15-13-22(30(43)44)28(41)37(24)4)18-35-26(39)25-16-14-23(31(45)46)29(42)38(25)48-19-20-10-6-5-7-11-20/h5-7,10-11,13-16,21H,8-9,12,17-19H2,1-4H3,(H,34,47)(H,35,39)(H,36,40)(H,43,44)(H,45,46)/t21-/m0/s1. The average Bonchev–Trinajstić information content (AvgIpc) is 3.02. The number of hydrogen-bond donors (Lipinski definition) is 5. The highest BCUT2D eigenvalue weighted by Gasteiger charge is 2.23. The van der Waals surface area contributed by atoms with Crippen LogP contribution in [0.3, 0.4) is 0 Å². The molecule has 2 aromatic heterocycles. The van der Waals surface area contributed by atoms with Crippen molar-refractivity contribution in [2.45, 2.75) is 58.3 Å². The third kappa shape index (κ3) is 10.8. The molecule has 3 amide bonds. The molecule has 16 heteroatoms. The van der Waals surface area contributed by atoms with Crippen LogP contribution < -0.4 is 31.9 Å². The Morgan fingerprint density at radius 1 is 0.796 bits per heavy atom. The van der Waals surface area contributed by atoms with E-state index in [4.69, 9.17) is 9.57 Å². The second-order valence-electron chi connectivity index (χ2n) is 11.9. The summed E-state index contributed by atoms with van der Waals surface area (Å²) in [6, 6.07) is 12.3. The topological polar surface area (TPSA) is 224 Å². The second kappa shape index (κ2) is 16.8. The van der Waals surface area contributed by atoms with Crippen molar-refractivity contribution in [1.82, 2.24) is 25.2 Å². The van der Waals surface area contributed by atoms with Crippen molar-refractivity contribution in [3.63, 3.8) is 0 Å². The maximum atomic E-state index is 13.4. The molecule has 0 saturated carbocycles. The number of unbranched alkanes of at least 4 members (excludes halogenated alkanes) is 1. The van der Waals surface area contributed by atoms with Gasteiger partial charge in [-0.1, -0.05) is 30.3 Å². The molecule has 0 unspecified atom stereocenters. The number of carboxylic acids is 2. The maximum absolute atomic E-state index is 13.4. The third-order valence-corrected chi connectivity index (χ3v) is 6.97. The molecule has 1 aromatic carbocycles. The molecule has 5 N–H and O–H groups in total. The normalized spacial score (nSPS) is 11.6. The number of carboxylic acid groups (broad SMARTS) is 2. The highest BCUT2D eigenvalue weighted by atomic mass is 16.7. The number of aromatic nitrogens is 2. The molecule has 262 valence electrons. The molecule has 0 aliphatic heterocycles. The monoisotopic (exact) mass is 681 g/mol. The molecular formula is C33H39N5O11. The van der Waals surface area contributed by atoms with Gasteiger partial charge >= 0.3 is 18.0 Å². The fourth-order valence-corrected chi connectivity index (χ4v) is 4.53. The van der Waals surface area contributed by atoms with Crippen LogP contribution in [0.2, 0.25) is 0 Å². The van der Waals surface area contributed by atoms with Crippen molar-refractivity contribution < 1.29 is 43.8 Å². The zero-order valence-electron chi connectivity index (χ0n) is 27.5.